The summed E-state index contributed by atoms with van der Waals surface area (Å²) in [5.41, 5.74) is 1.53. The van der Waals surface area contributed by atoms with Gasteiger partial charge in [-0.3, -0.25) is 9.88 Å². The fourth-order valence-electron chi connectivity index (χ4n) is 1.98. The summed E-state index contributed by atoms with van der Waals surface area (Å²) in [6.45, 7) is 6.00. The highest BCUT2D eigenvalue weighted by atomic mass is 31.2. The molecule has 2 N–H and O–H groups in total. The van der Waals surface area contributed by atoms with Gasteiger partial charge in [-0.2, -0.15) is 0 Å². The minimum Gasteiger partial charge on any atom is -0.453 e. The number of rotatable bonds is 8. The maximum atomic E-state index is 12.1. The van der Waals surface area contributed by atoms with Gasteiger partial charge in [0.05, 0.1) is 13.7 Å². The Morgan fingerprint density at radius 1 is 1.36 bits per heavy atom. The first kappa shape index (κ1) is 18.5. The lowest BCUT2D eigenvalue weighted by atomic mass is 10.2. The molecule has 0 radical (unpaired) electrons. The van der Waals surface area contributed by atoms with Gasteiger partial charge in [0.25, 0.3) is 0 Å². The second-order valence-corrected chi connectivity index (χ2v) is 7.92. The van der Waals surface area contributed by atoms with Crippen LogP contribution in [0.25, 0.3) is 0 Å². The van der Waals surface area contributed by atoms with Crippen molar-refractivity contribution >= 4 is 24.8 Å². The largest absolute Gasteiger partial charge is 0.453 e. The summed E-state index contributed by atoms with van der Waals surface area (Å²) in [6.07, 6.45) is 0.770. The van der Waals surface area contributed by atoms with E-state index in [-0.39, 0.29) is 6.04 Å². The maximum Gasteiger partial charge on any atom is 0.411 e. The van der Waals surface area contributed by atoms with E-state index in [0.717, 1.165) is 12.1 Å². The lowest BCUT2D eigenvalue weighted by Gasteiger charge is -2.18. The van der Waals surface area contributed by atoms with Crippen LogP contribution in [0.15, 0.2) is 24.3 Å². The van der Waals surface area contributed by atoms with Gasteiger partial charge in [-0.1, -0.05) is 6.07 Å². The monoisotopic (exact) mass is 328 g/mol. The zero-order chi connectivity index (χ0) is 16.6. The van der Waals surface area contributed by atoms with E-state index >= 15 is 0 Å². The molecule has 0 heterocycles. The fraction of sp³-hybridized carbons (Fsp3) is 0.533. The Hall–Kier alpha value is -1.52. The zero-order valence-corrected chi connectivity index (χ0v) is 14.5. The van der Waals surface area contributed by atoms with E-state index in [1.807, 2.05) is 32.0 Å². The Kier molecular flexibility index (Phi) is 7.42. The van der Waals surface area contributed by atoms with Crippen LogP contribution in [0.3, 0.4) is 0 Å². The Morgan fingerprint density at radius 3 is 2.68 bits per heavy atom. The lowest BCUT2D eigenvalue weighted by Crippen LogP contribution is -2.17. The quantitative estimate of drug-likeness (QED) is 0.705. The van der Waals surface area contributed by atoms with Crippen molar-refractivity contribution in [3.8, 4) is 0 Å². The first-order chi connectivity index (χ1) is 10.4. The third-order valence-corrected chi connectivity index (χ3v) is 4.95. The Morgan fingerprint density at radius 2 is 2.05 bits per heavy atom. The minimum absolute atomic E-state index is 0.141. The van der Waals surface area contributed by atoms with Crippen molar-refractivity contribution in [1.29, 1.82) is 0 Å². The van der Waals surface area contributed by atoms with Gasteiger partial charge in [0.15, 0.2) is 7.37 Å². The molecule has 0 fully saturated rings. The summed E-state index contributed by atoms with van der Waals surface area (Å²) < 4.78 is 21.9. The molecule has 6 nitrogen and oxygen atoms in total. The van der Waals surface area contributed by atoms with Crippen molar-refractivity contribution in [3.63, 3.8) is 0 Å². The molecular weight excluding hydrogens is 303 g/mol. The van der Waals surface area contributed by atoms with Crippen LogP contribution < -0.4 is 10.6 Å². The van der Waals surface area contributed by atoms with Crippen molar-refractivity contribution in [1.82, 2.24) is 0 Å². The number of methoxy groups -OCH3 is 1. The normalized spacial score (nSPS) is 14.7. The second-order valence-electron chi connectivity index (χ2n) is 5.19. The van der Waals surface area contributed by atoms with Crippen LogP contribution in [0, 0.1) is 0 Å². The van der Waals surface area contributed by atoms with E-state index < -0.39 is 13.5 Å². The number of amides is 1. The van der Waals surface area contributed by atoms with E-state index in [1.165, 1.54) is 7.11 Å². The summed E-state index contributed by atoms with van der Waals surface area (Å²) in [7, 11) is -1.18. The first-order valence-electron chi connectivity index (χ1n) is 7.29. The van der Waals surface area contributed by atoms with Crippen molar-refractivity contribution in [2.24, 2.45) is 0 Å². The van der Waals surface area contributed by atoms with Crippen molar-refractivity contribution in [3.05, 3.63) is 24.3 Å². The van der Waals surface area contributed by atoms with E-state index in [0.29, 0.717) is 18.5 Å². The number of hydrogen-bond donors (Lipinski definition) is 2. The average Bonchev–Trinajstić information content (AvgIpc) is 2.45. The van der Waals surface area contributed by atoms with Gasteiger partial charge in [-0.05, 0) is 38.5 Å². The topological polar surface area (TPSA) is 76.7 Å². The van der Waals surface area contributed by atoms with E-state index in [1.54, 1.807) is 12.7 Å². The van der Waals surface area contributed by atoms with Crippen molar-refractivity contribution in [2.75, 3.05) is 37.2 Å². The van der Waals surface area contributed by atoms with Gasteiger partial charge in [0, 0.05) is 30.2 Å². The zero-order valence-electron chi connectivity index (χ0n) is 13.6. The minimum atomic E-state index is -2.50. The number of nitrogens with one attached hydrogen (secondary N) is 2. The third-order valence-electron chi connectivity index (χ3n) is 3.08. The first-order valence-corrected chi connectivity index (χ1v) is 9.54. The molecule has 0 bridgehead atoms. The molecule has 0 saturated carbocycles. The average molecular weight is 328 g/mol. The summed E-state index contributed by atoms with van der Waals surface area (Å²) in [5, 5.41) is 5.93. The number of anilines is 2. The van der Waals surface area contributed by atoms with Crippen LogP contribution >= 0.6 is 7.37 Å². The standard InChI is InChI=1S/C15H25N2O4P/c1-5-21-22(4,19)10-9-12(2)16-13-7-6-8-14(11-13)17-15(18)20-3/h6-8,11-12,16H,5,9-10H2,1-4H3,(H,17,18). The molecule has 22 heavy (non-hydrogen) atoms. The van der Waals surface area contributed by atoms with Crippen molar-refractivity contribution in [2.45, 2.75) is 26.3 Å². The smallest absolute Gasteiger partial charge is 0.411 e. The number of hydrogen-bond acceptors (Lipinski definition) is 5. The molecular formula is C15H25N2O4P. The van der Waals surface area contributed by atoms with Gasteiger partial charge in [-0.15, -0.1) is 0 Å². The van der Waals surface area contributed by atoms with E-state index in [9.17, 15) is 9.36 Å². The molecule has 0 saturated heterocycles. The van der Waals surface area contributed by atoms with Gasteiger partial charge in [0.2, 0.25) is 0 Å². The summed E-state index contributed by atoms with van der Waals surface area (Å²) in [6, 6.07) is 7.49. The third kappa shape index (κ3) is 6.96. The predicted octanol–water partition coefficient (Wildman–Crippen LogP) is 4.00. The summed E-state index contributed by atoms with van der Waals surface area (Å²) in [4.78, 5) is 11.2. The van der Waals surface area contributed by atoms with Crippen LogP contribution in [-0.2, 0) is 13.8 Å². The van der Waals surface area contributed by atoms with E-state index in [2.05, 4.69) is 15.4 Å². The number of benzene rings is 1. The molecule has 0 aliphatic rings. The van der Waals surface area contributed by atoms with E-state index in [4.69, 9.17) is 4.52 Å². The molecule has 1 aromatic rings. The second kappa shape index (κ2) is 8.81. The van der Waals surface area contributed by atoms with Gasteiger partial charge in [0.1, 0.15) is 0 Å². The van der Waals surface area contributed by atoms with Crippen LogP contribution in [0.4, 0.5) is 16.2 Å². The Labute approximate surface area is 132 Å². The lowest BCUT2D eigenvalue weighted by molar-refractivity contribution is 0.187. The molecule has 0 aliphatic heterocycles. The molecule has 124 valence electrons. The highest BCUT2D eigenvalue weighted by Crippen LogP contribution is 2.43. The maximum absolute atomic E-state index is 12.1. The highest BCUT2D eigenvalue weighted by molar-refractivity contribution is 7.58. The number of carbonyl (C=O) groups excluding carboxylic acids is 1. The van der Waals surface area contributed by atoms with Crippen LogP contribution in [-0.4, -0.2) is 38.7 Å². The molecule has 7 heteroatoms. The van der Waals surface area contributed by atoms with Gasteiger partial charge in [-0.25, -0.2) is 4.79 Å². The summed E-state index contributed by atoms with van der Waals surface area (Å²) in [5.74, 6) is 0. The van der Waals surface area contributed by atoms with Gasteiger partial charge < -0.3 is 14.6 Å². The van der Waals surface area contributed by atoms with Crippen LogP contribution in [0.5, 0.6) is 0 Å². The predicted molar refractivity (Wildman–Crippen MR) is 90.2 cm³/mol. The molecule has 0 aliphatic carbocycles. The van der Waals surface area contributed by atoms with Crippen LogP contribution in [0.1, 0.15) is 20.3 Å². The molecule has 1 amide bonds. The Bertz CT molecular complexity index is 536. The molecule has 2 unspecified atom stereocenters. The molecule has 2 atom stereocenters. The number of carbonyl (C=O) groups is 1. The summed E-state index contributed by atoms with van der Waals surface area (Å²) >= 11 is 0. The number of ether oxygens (including phenoxy) is 1. The molecule has 0 spiro atoms. The molecule has 1 rings (SSSR count). The van der Waals surface area contributed by atoms with Crippen molar-refractivity contribution < 1.29 is 18.6 Å². The van der Waals surface area contributed by atoms with Crippen LogP contribution in [0.2, 0.25) is 0 Å². The highest BCUT2D eigenvalue weighted by Gasteiger charge is 2.16. The fourth-order valence-corrected chi connectivity index (χ4v) is 3.51. The molecule has 1 aromatic carbocycles. The van der Waals surface area contributed by atoms with Gasteiger partial charge >= 0.3 is 6.09 Å². The SMILES string of the molecule is CCOP(C)(=O)CCC(C)Nc1cccc(NC(=O)OC)c1. The molecule has 0 aromatic heterocycles. The Balaban J connectivity index is 2.54.